The fraction of sp³-hybridized carbons (Fsp3) is 0.429. The van der Waals surface area contributed by atoms with E-state index in [-0.39, 0.29) is 11.9 Å². The standard InChI is InChI=1S/C14H19N5O/c1-11(2)14(12-4-3-6-15-8-12)18-13(20)5-7-19-9-16-17-10-19/h3-4,6,8-11,14H,5,7H2,1-2H3,(H,18,20)/t14-/m0/s1. The van der Waals surface area contributed by atoms with Crippen LogP contribution in [0.4, 0.5) is 0 Å². The van der Waals surface area contributed by atoms with Gasteiger partial charge in [0.2, 0.25) is 5.91 Å². The third-order valence-corrected chi connectivity index (χ3v) is 3.09. The number of nitrogens with one attached hydrogen (secondary N) is 1. The molecule has 0 spiro atoms. The summed E-state index contributed by atoms with van der Waals surface area (Å²) in [6.45, 7) is 4.74. The summed E-state index contributed by atoms with van der Waals surface area (Å²) in [5.41, 5.74) is 1.03. The van der Waals surface area contributed by atoms with Crippen LogP contribution in [0.15, 0.2) is 37.2 Å². The molecular formula is C14H19N5O. The van der Waals surface area contributed by atoms with Crippen molar-refractivity contribution in [2.24, 2.45) is 5.92 Å². The van der Waals surface area contributed by atoms with E-state index < -0.39 is 0 Å². The second-order valence-electron chi connectivity index (χ2n) is 5.03. The van der Waals surface area contributed by atoms with Crippen molar-refractivity contribution >= 4 is 5.91 Å². The van der Waals surface area contributed by atoms with Crippen LogP contribution in [0.25, 0.3) is 0 Å². The molecule has 0 saturated carbocycles. The number of rotatable bonds is 6. The van der Waals surface area contributed by atoms with Crippen molar-refractivity contribution in [3.8, 4) is 0 Å². The Labute approximate surface area is 118 Å². The average molecular weight is 273 g/mol. The second-order valence-corrected chi connectivity index (χ2v) is 5.03. The molecule has 106 valence electrons. The molecule has 20 heavy (non-hydrogen) atoms. The van der Waals surface area contributed by atoms with Gasteiger partial charge < -0.3 is 9.88 Å². The molecule has 1 amide bonds. The van der Waals surface area contributed by atoms with E-state index in [2.05, 4.69) is 34.3 Å². The first-order chi connectivity index (χ1) is 9.66. The Morgan fingerprint density at radius 3 is 2.70 bits per heavy atom. The van der Waals surface area contributed by atoms with Crippen molar-refractivity contribution in [3.05, 3.63) is 42.7 Å². The predicted molar refractivity (Wildman–Crippen MR) is 74.6 cm³/mol. The van der Waals surface area contributed by atoms with Gasteiger partial charge in [0.05, 0.1) is 6.04 Å². The molecule has 2 heterocycles. The summed E-state index contributed by atoms with van der Waals surface area (Å²) in [5, 5.41) is 10.5. The van der Waals surface area contributed by atoms with Crippen LogP contribution >= 0.6 is 0 Å². The van der Waals surface area contributed by atoms with Gasteiger partial charge in [0.25, 0.3) is 0 Å². The Kier molecular flexibility index (Phi) is 4.81. The number of aromatic nitrogens is 4. The highest BCUT2D eigenvalue weighted by Crippen LogP contribution is 2.20. The van der Waals surface area contributed by atoms with Gasteiger partial charge in [0, 0.05) is 25.4 Å². The van der Waals surface area contributed by atoms with E-state index in [0.29, 0.717) is 18.9 Å². The molecule has 0 bridgehead atoms. The maximum atomic E-state index is 12.0. The van der Waals surface area contributed by atoms with Gasteiger partial charge in [0.15, 0.2) is 0 Å². The topological polar surface area (TPSA) is 72.7 Å². The monoisotopic (exact) mass is 273 g/mol. The maximum absolute atomic E-state index is 12.0. The molecule has 0 saturated heterocycles. The Bertz CT molecular complexity index is 524. The van der Waals surface area contributed by atoms with Crippen molar-refractivity contribution in [2.75, 3.05) is 0 Å². The molecule has 6 nitrogen and oxygen atoms in total. The summed E-state index contributed by atoms with van der Waals surface area (Å²) in [6, 6.07) is 3.85. The van der Waals surface area contributed by atoms with Gasteiger partial charge in [0.1, 0.15) is 12.7 Å². The number of carbonyl (C=O) groups is 1. The highest BCUT2D eigenvalue weighted by molar-refractivity contribution is 5.76. The zero-order chi connectivity index (χ0) is 14.4. The fourth-order valence-electron chi connectivity index (χ4n) is 2.01. The summed E-state index contributed by atoms with van der Waals surface area (Å²) in [6.07, 6.45) is 7.14. The molecule has 0 aromatic carbocycles. The average Bonchev–Trinajstić information content (AvgIpc) is 2.96. The van der Waals surface area contributed by atoms with Crippen LogP contribution in [0.3, 0.4) is 0 Å². The molecule has 2 rings (SSSR count). The minimum atomic E-state index is -0.0166. The number of hydrogen-bond acceptors (Lipinski definition) is 4. The molecule has 6 heteroatoms. The SMILES string of the molecule is CC(C)[C@H](NC(=O)CCn1cnnc1)c1cccnc1. The molecule has 1 N–H and O–H groups in total. The van der Waals surface area contributed by atoms with E-state index in [1.165, 1.54) is 0 Å². The van der Waals surface area contributed by atoms with Gasteiger partial charge >= 0.3 is 0 Å². The molecular weight excluding hydrogens is 254 g/mol. The Hall–Kier alpha value is -2.24. The predicted octanol–water partition coefficient (Wildman–Crippen LogP) is 1.58. The second kappa shape index (κ2) is 6.79. The van der Waals surface area contributed by atoms with Crippen LogP contribution in [0.5, 0.6) is 0 Å². The number of nitrogens with zero attached hydrogens (tertiary/aromatic N) is 4. The van der Waals surface area contributed by atoms with Crippen molar-refractivity contribution < 1.29 is 4.79 Å². The molecule has 0 fully saturated rings. The molecule has 0 aliphatic carbocycles. The van der Waals surface area contributed by atoms with Crippen molar-refractivity contribution in [2.45, 2.75) is 32.9 Å². The highest BCUT2D eigenvalue weighted by atomic mass is 16.1. The molecule has 2 aromatic rings. The lowest BCUT2D eigenvalue weighted by Gasteiger charge is -2.22. The third kappa shape index (κ3) is 3.88. The third-order valence-electron chi connectivity index (χ3n) is 3.09. The van der Waals surface area contributed by atoms with Gasteiger partial charge in [-0.15, -0.1) is 10.2 Å². The first-order valence-corrected chi connectivity index (χ1v) is 6.68. The Balaban J connectivity index is 1.93. The lowest BCUT2D eigenvalue weighted by molar-refractivity contribution is -0.122. The largest absolute Gasteiger partial charge is 0.349 e. The van der Waals surface area contributed by atoms with E-state index in [4.69, 9.17) is 0 Å². The minimum Gasteiger partial charge on any atom is -0.349 e. The van der Waals surface area contributed by atoms with Gasteiger partial charge in [-0.05, 0) is 17.5 Å². The lowest BCUT2D eigenvalue weighted by atomic mass is 9.97. The molecule has 2 aromatic heterocycles. The molecule has 0 radical (unpaired) electrons. The fourth-order valence-corrected chi connectivity index (χ4v) is 2.01. The number of hydrogen-bond donors (Lipinski definition) is 1. The first kappa shape index (κ1) is 14.2. The number of aryl methyl sites for hydroxylation is 1. The highest BCUT2D eigenvalue weighted by Gasteiger charge is 2.18. The molecule has 0 unspecified atom stereocenters. The van der Waals surface area contributed by atoms with Crippen LogP contribution in [0.2, 0.25) is 0 Å². The smallest absolute Gasteiger partial charge is 0.222 e. The van der Waals surface area contributed by atoms with Crippen LogP contribution < -0.4 is 5.32 Å². The minimum absolute atomic E-state index is 0.0150. The number of pyridine rings is 1. The Morgan fingerprint density at radius 1 is 1.35 bits per heavy atom. The quantitative estimate of drug-likeness (QED) is 0.867. The van der Waals surface area contributed by atoms with Gasteiger partial charge in [-0.2, -0.15) is 0 Å². The maximum Gasteiger partial charge on any atom is 0.222 e. The zero-order valence-corrected chi connectivity index (χ0v) is 11.7. The summed E-state index contributed by atoms with van der Waals surface area (Å²) in [4.78, 5) is 16.2. The van der Waals surface area contributed by atoms with Gasteiger partial charge in [-0.1, -0.05) is 19.9 Å². The number of amides is 1. The van der Waals surface area contributed by atoms with Gasteiger partial charge in [-0.25, -0.2) is 0 Å². The van der Waals surface area contributed by atoms with E-state index in [0.717, 1.165) is 5.56 Å². The van der Waals surface area contributed by atoms with Crippen molar-refractivity contribution in [1.82, 2.24) is 25.1 Å². The summed E-state index contributed by atoms with van der Waals surface area (Å²) in [7, 11) is 0. The summed E-state index contributed by atoms with van der Waals surface area (Å²) < 4.78 is 1.79. The molecule has 1 atom stereocenters. The van der Waals surface area contributed by atoms with Gasteiger partial charge in [-0.3, -0.25) is 9.78 Å². The normalized spacial score (nSPS) is 12.3. The van der Waals surface area contributed by atoms with E-state index >= 15 is 0 Å². The van der Waals surface area contributed by atoms with Crippen molar-refractivity contribution in [1.29, 1.82) is 0 Å². The molecule has 0 aliphatic heterocycles. The lowest BCUT2D eigenvalue weighted by Crippen LogP contribution is -2.32. The summed E-state index contributed by atoms with van der Waals surface area (Å²) >= 11 is 0. The van der Waals surface area contributed by atoms with Crippen molar-refractivity contribution in [3.63, 3.8) is 0 Å². The van der Waals surface area contributed by atoms with E-state index in [1.54, 1.807) is 29.6 Å². The summed E-state index contributed by atoms with van der Waals surface area (Å²) in [5.74, 6) is 0.319. The first-order valence-electron chi connectivity index (χ1n) is 6.68. The molecule has 0 aliphatic rings. The van der Waals surface area contributed by atoms with Crippen LogP contribution in [0, 0.1) is 5.92 Å². The Morgan fingerprint density at radius 2 is 2.10 bits per heavy atom. The van der Waals surface area contributed by atoms with E-state index in [1.807, 2.05) is 12.1 Å². The van der Waals surface area contributed by atoms with Crippen LogP contribution in [0.1, 0.15) is 31.9 Å². The zero-order valence-electron chi connectivity index (χ0n) is 11.7. The van der Waals surface area contributed by atoms with Crippen LogP contribution in [-0.4, -0.2) is 25.7 Å². The van der Waals surface area contributed by atoms with Crippen LogP contribution in [-0.2, 0) is 11.3 Å². The number of carbonyl (C=O) groups excluding carboxylic acids is 1. The van der Waals surface area contributed by atoms with E-state index in [9.17, 15) is 4.79 Å².